The Labute approximate surface area is 126 Å². The smallest absolute Gasteiger partial charge is 0.407 e. The summed E-state index contributed by atoms with van der Waals surface area (Å²) >= 11 is 0. The van der Waals surface area contributed by atoms with Gasteiger partial charge in [0.2, 0.25) is 5.88 Å². The second-order valence-corrected chi connectivity index (χ2v) is 5.89. The normalized spacial score (nSPS) is 12.6. The molecular weight excluding hydrogens is 270 g/mol. The number of methoxy groups -OCH3 is 1. The fraction of sp³-hybridized carbons (Fsp3) is 0.600. The molecule has 118 valence electrons. The molecule has 0 radical (unpaired) electrons. The van der Waals surface area contributed by atoms with Gasteiger partial charge in [-0.3, -0.25) is 0 Å². The second kappa shape index (κ2) is 7.83. The maximum atomic E-state index is 11.6. The number of amides is 1. The molecule has 0 aliphatic rings. The van der Waals surface area contributed by atoms with E-state index in [0.29, 0.717) is 19.0 Å². The lowest BCUT2D eigenvalue weighted by Gasteiger charge is -2.22. The lowest BCUT2D eigenvalue weighted by Crippen LogP contribution is -2.42. The number of nitrogens with zero attached hydrogens (tertiary/aromatic N) is 1. The van der Waals surface area contributed by atoms with Gasteiger partial charge in [-0.1, -0.05) is 6.07 Å². The third-order valence-corrected chi connectivity index (χ3v) is 2.55. The van der Waals surface area contributed by atoms with Crippen LogP contribution in [0.5, 0.6) is 5.88 Å². The van der Waals surface area contributed by atoms with Gasteiger partial charge in [0.05, 0.1) is 7.11 Å². The van der Waals surface area contributed by atoms with Crippen molar-refractivity contribution in [1.82, 2.24) is 15.6 Å². The summed E-state index contributed by atoms with van der Waals surface area (Å²) in [4.78, 5) is 15.7. The van der Waals surface area contributed by atoms with E-state index in [0.717, 1.165) is 5.56 Å². The molecule has 0 aliphatic heterocycles. The number of hydrogen-bond acceptors (Lipinski definition) is 5. The van der Waals surface area contributed by atoms with Crippen molar-refractivity contribution in [3.63, 3.8) is 0 Å². The van der Waals surface area contributed by atoms with E-state index in [1.165, 1.54) is 0 Å². The fourth-order valence-corrected chi connectivity index (χ4v) is 1.63. The van der Waals surface area contributed by atoms with Gasteiger partial charge in [-0.05, 0) is 33.3 Å². The first-order chi connectivity index (χ1) is 9.80. The van der Waals surface area contributed by atoms with Crippen molar-refractivity contribution >= 4 is 6.09 Å². The zero-order valence-corrected chi connectivity index (χ0v) is 13.4. The monoisotopic (exact) mass is 295 g/mol. The molecule has 6 nitrogen and oxygen atoms in total. The Balaban J connectivity index is 2.26. The lowest BCUT2D eigenvalue weighted by atomic mass is 10.2. The third-order valence-electron chi connectivity index (χ3n) is 2.55. The van der Waals surface area contributed by atoms with Crippen LogP contribution in [0.2, 0.25) is 0 Å². The maximum absolute atomic E-state index is 11.6. The van der Waals surface area contributed by atoms with Crippen molar-refractivity contribution in [3.05, 3.63) is 23.9 Å². The number of aromatic nitrogens is 1. The van der Waals surface area contributed by atoms with E-state index in [4.69, 9.17) is 9.47 Å². The van der Waals surface area contributed by atoms with E-state index in [1.54, 1.807) is 13.3 Å². The van der Waals surface area contributed by atoms with Crippen molar-refractivity contribution in [2.75, 3.05) is 13.7 Å². The zero-order valence-electron chi connectivity index (χ0n) is 13.4. The molecule has 0 spiro atoms. The van der Waals surface area contributed by atoms with Crippen LogP contribution >= 0.6 is 0 Å². The number of ether oxygens (including phenoxy) is 2. The number of carbonyl (C=O) groups excluding carboxylic acids is 1. The minimum atomic E-state index is -0.480. The highest BCUT2D eigenvalue weighted by atomic mass is 16.6. The zero-order chi connectivity index (χ0) is 15.9. The summed E-state index contributed by atoms with van der Waals surface area (Å²) < 4.78 is 10.2. The Kier molecular flexibility index (Phi) is 6.42. The highest BCUT2D eigenvalue weighted by Crippen LogP contribution is 2.07. The second-order valence-electron chi connectivity index (χ2n) is 5.89. The van der Waals surface area contributed by atoms with E-state index in [9.17, 15) is 4.79 Å². The van der Waals surface area contributed by atoms with Crippen LogP contribution in [-0.4, -0.2) is 36.4 Å². The largest absolute Gasteiger partial charge is 0.481 e. The van der Waals surface area contributed by atoms with Gasteiger partial charge >= 0.3 is 6.09 Å². The van der Waals surface area contributed by atoms with Crippen LogP contribution < -0.4 is 15.4 Å². The van der Waals surface area contributed by atoms with Gasteiger partial charge in [0.1, 0.15) is 5.60 Å². The SMILES string of the molecule is COc1ccc(CNCC(C)NC(=O)OC(C)(C)C)cn1. The molecule has 1 atom stereocenters. The summed E-state index contributed by atoms with van der Waals surface area (Å²) in [6.07, 6.45) is 1.36. The van der Waals surface area contributed by atoms with Crippen molar-refractivity contribution < 1.29 is 14.3 Å². The molecule has 1 aromatic rings. The van der Waals surface area contributed by atoms with Crippen LogP contribution in [0.25, 0.3) is 0 Å². The summed E-state index contributed by atoms with van der Waals surface area (Å²) in [6.45, 7) is 8.76. The first-order valence-corrected chi connectivity index (χ1v) is 6.99. The molecule has 0 fully saturated rings. The molecule has 1 aromatic heterocycles. The highest BCUT2D eigenvalue weighted by molar-refractivity contribution is 5.68. The first kappa shape index (κ1) is 17.2. The van der Waals surface area contributed by atoms with Gasteiger partial charge in [-0.2, -0.15) is 0 Å². The van der Waals surface area contributed by atoms with E-state index < -0.39 is 11.7 Å². The predicted molar refractivity (Wildman–Crippen MR) is 81.3 cm³/mol. The summed E-state index contributed by atoms with van der Waals surface area (Å²) in [7, 11) is 1.59. The van der Waals surface area contributed by atoms with Crippen molar-refractivity contribution in [2.24, 2.45) is 0 Å². The summed E-state index contributed by atoms with van der Waals surface area (Å²) in [6, 6.07) is 3.75. The molecule has 1 amide bonds. The van der Waals surface area contributed by atoms with E-state index in [-0.39, 0.29) is 6.04 Å². The van der Waals surface area contributed by atoms with Crippen LogP contribution in [0.4, 0.5) is 4.79 Å². The van der Waals surface area contributed by atoms with Crippen LogP contribution in [0, 0.1) is 0 Å². The van der Waals surface area contributed by atoms with Gasteiger partial charge in [0.25, 0.3) is 0 Å². The van der Waals surface area contributed by atoms with E-state index >= 15 is 0 Å². The molecule has 0 bridgehead atoms. The van der Waals surface area contributed by atoms with Crippen molar-refractivity contribution in [1.29, 1.82) is 0 Å². The molecular formula is C15H25N3O3. The summed E-state index contributed by atoms with van der Waals surface area (Å²) in [5, 5.41) is 6.04. The average Bonchev–Trinajstić information content (AvgIpc) is 2.37. The molecule has 6 heteroatoms. The van der Waals surface area contributed by atoms with Crippen LogP contribution in [0.15, 0.2) is 18.3 Å². The number of hydrogen-bond donors (Lipinski definition) is 2. The van der Waals surface area contributed by atoms with Crippen LogP contribution in [0.3, 0.4) is 0 Å². The lowest BCUT2D eigenvalue weighted by molar-refractivity contribution is 0.0508. The minimum absolute atomic E-state index is 0.0222. The third kappa shape index (κ3) is 7.51. The minimum Gasteiger partial charge on any atom is -0.481 e. The molecule has 0 aromatic carbocycles. The standard InChI is InChI=1S/C15H25N3O3/c1-11(18-14(19)21-15(2,3)4)8-16-9-12-6-7-13(20-5)17-10-12/h6-7,10-11,16H,8-9H2,1-5H3,(H,18,19). The number of alkyl carbamates (subject to hydrolysis) is 1. The maximum Gasteiger partial charge on any atom is 0.407 e. The van der Waals surface area contributed by atoms with Crippen LogP contribution in [-0.2, 0) is 11.3 Å². The predicted octanol–water partition coefficient (Wildman–Crippen LogP) is 2.09. The molecule has 1 unspecified atom stereocenters. The highest BCUT2D eigenvalue weighted by Gasteiger charge is 2.17. The van der Waals surface area contributed by atoms with Crippen molar-refractivity contribution in [2.45, 2.75) is 45.9 Å². The van der Waals surface area contributed by atoms with Gasteiger partial charge < -0.3 is 20.1 Å². The van der Waals surface area contributed by atoms with Crippen LogP contribution in [0.1, 0.15) is 33.3 Å². The topological polar surface area (TPSA) is 72.5 Å². The molecule has 2 N–H and O–H groups in total. The first-order valence-electron chi connectivity index (χ1n) is 6.99. The number of pyridine rings is 1. The summed E-state index contributed by atoms with van der Waals surface area (Å²) in [5.41, 5.74) is 0.576. The number of rotatable bonds is 6. The fourth-order valence-electron chi connectivity index (χ4n) is 1.63. The molecule has 0 saturated heterocycles. The molecule has 0 aliphatic carbocycles. The Morgan fingerprint density at radius 2 is 2.10 bits per heavy atom. The Morgan fingerprint density at radius 3 is 2.62 bits per heavy atom. The molecule has 21 heavy (non-hydrogen) atoms. The molecule has 1 heterocycles. The molecule has 0 saturated carbocycles. The van der Waals surface area contributed by atoms with Crippen molar-refractivity contribution in [3.8, 4) is 5.88 Å². The van der Waals surface area contributed by atoms with Gasteiger partial charge in [-0.25, -0.2) is 9.78 Å². The van der Waals surface area contributed by atoms with Gasteiger partial charge in [-0.15, -0.1) is 0 Å². The van der Waals surface area contributed by atoms with Gasteiger partial charge in [0, 0.05) is 31.4 Å². The van der Waals surface area contributed by atoms with E-state index in [1.807, 2.05) is 39.8 Å². The Bertz CT molecular complexity index is 440. The quantitative estimate of drug-likeness (QED) is 0.841. The average molecular weight is 295 g/mol. The Morgan fingerprint density at radius 1 is 1.38 bits per heavy atom. The Hall–Kier alpha value is -1.82. The van der Waals surface area contributed by atoms with Gasteiger partial charge in [0.15, 0.2) is 0 Å². The number of nitrogens with one attached hydrogen (secondary N) is 2. The van der Waals surface area contributed by atoms with E-state index in [2.05, 4.69) is 15.6 Å². The number of carbonyl (C=O) groups is 1. The molecule has 1 rings (SSSR count). The summed E-state index contributed by atoms with van der Waals surface area (Å²) in [5.74, 6) is 0.596.